The van der Waals surface area contributed by atoms with Crippen LogP contribution >= 0.6 is 11.3 Å². The fourth-order valence-corrected chi connectivity index (χ4v) is 5.69. The van der Waals surface area contributed by atoms with E-state index in [4.69, 9.17) is 14.7 Å². The molecular weight excluding hydrogens is 498 g/mol. The van der Waals surface area contributed by atoms with E-state index in [0.717, 1.165) is 50.2 Å². The Kier molecular flexibility index (Phi) is 6.75. The third-order valence-corrected chi connectivity index (χ3v) is 7.83. The van der Waals surface area contributed by atoms with Crippen molar-refractivity contribution in [1.82, 2.24) is 30.4 Å². The average molecular weight is 528 g/mol. The summed E-state index contributed by atoms with van der Waals surface area (Å²) in [5, 5.41) is 11.3. The molecule has 9 nitrogen and oxygen atoms in total. The molecule has 10 heteroatoms. The number of morpholine rings is 1. The van der Waals surface area contributed by atoms with Gasteiger partial charge < -0.3 is 19.9 Å². The van der Waals surface area contributed by atoms with Crippen molar-refractivity contribution in [3.05, 3.63) is 72.1 Å². The Morgan fingerprint density at radius 3 is 3.00 bits per heavy atom. The first-order valence-corrected chi connectivity index (χ1v) is 13.5. The molecule has 0 aliphatic carbocycles. The third kappa shape index (κ3) is 4.98. The van der Waals surface area contributed by atoms with E-state index in [1.165, 1.54) is 0 Å². The van der Waals surface area contributed by atoms with Crippen molar-refractivity contribution >= 4 is 44.3 Å². The lowest BCUT2D eigenvalue weighted by molar-refractivity contribution is 0.0402. The second-order valence-corrected chi connectivity index (χ2v) is 10.7. The van der Waals surface area contributed by atoms with Gasteiger partial charge in [0.15, 0.2) is 0 Å². The van der Waals surface area contributed by atoms with Crippen LogP contribution in [0.25, 0.3) is 31.6 Å². The van der Waals surface area contributed by atoms with E-state index in [2.05, 4.69) is 32.5 Å². The summed E-state index contributed by atoms with van der Waals surface area (Å²) in [5.41, 5.74) is 4.66. The molecule has 3 aromatic heterocycles. The van der Waals surface area contributed by atoms with Gasteiger partial charge in [0.05, 0.1) is 41.3 Å². The zero-order valence-corrected chi connectivity index (χ0v) is 22.2. The van der Waals surface area contributed by atoms with Crippen molar-refractivity contribution < 1.29 is 9.53 Å². The number of carbonyl (C=O) groups is 1. The van der Waals surface area contributed by atoms with Gasteiger partial charge in [0, 0.05) is 35.5 Å². The first-order valence-electron chi connectivity index (χ1n) is 12.6. The highest BCUT2D eigenvalue weighted by molar-refractivity contribution is 7.22. The van der Waals surface area contributed by atoms with Crippen molar-refractivity contribution in [2.24, 2.45) is 0 Å². The van der Waals surface area contributed by atoms with E-state index < -0.39 is 0 Å². The molecule has 1 amide bonds. The van der Waals surface area contributed by atoms with Crippen LogP contribution in [0.4, 0.5) is 5.95 Å². The molecule has 1 atom stereocenters. The van der Waals surface area contributed by atoms with Gasteiger partial charge in [-0.1, -0.05) is 24.3 Å². The highest BCUT2D eigenvalue weighted by Crippen LogP contribution is 2.34. The molecule has 0 bridgehead atoms. The van der Waals surface area contributed by atoms with Gasteiger partial charge in [-0.15, -0.1) is 11.3 Å². The summed E-state index contributed by atoms with van der Waals surface area (Å²) < 4.78 is 7.15. The minimum absolute atomic E-state index is 0.0649. The van der Waals surface area contributed by atoms with E-state index in [1.807, 2.05) is 67.8 Å². The van der Waals surface area contributed by atoms with Crippen LogP contribution in [-0.2, 0) is 4.74 Å². The lowest BCUT2D eigenvalue weighted by atomic mass is 10.0. The summed E-state index contributed by atoms with van der Waals surface area (Å²) in [7, 11) is 3.98. The van der Waals surface area contributed by atoms with E-state index in [-0.39, 0.29) is 12.0 Å². The van der Waals surface area contributed by atoms with Crippen molar-refractivity contribution in [2.75, 3.05) is 51.8 Å². The summed E-state index contributed by atoms with van der Waals surface area (Å²) in [6.07, 6.45) is 3.66. The molecule has 6 rings (SSSR count). The molecular formula is C28H29N7O2S. The summed E-state index contributed by atoms with van der Waals surface area (Å²) in [4.78, 5) is 27.5. The molecule has 0 spiro atoms. The Balaban J connectivity index is 1.21. The normalized spacial score (nSPS) is 16.0. The first-order chi connectivity index (χ1) is 18.5. The van der Waals surface area contributed by atoms with Crippen LogP contribution < -0.4 is 10.2 Å². The van der Waals surface area contributed by atoms with E-state index in [1.54, 1.807) is 11.3 Å². The van der Waals surface area contributed by atoms with Crippen molar-refractivity contribution in [3.63, 3.8) is 0 Å². The highest BCUT2D eigenvalue weighted by Gasteiger charge is 2.26. The number of ether oxygens (including phenoxy) is 1. The van der Waals surface area contributed by atoms with Crippen LogP contribution in [0.2, 0.25) is 0 Å². The van der Waals surface area contributed by atoms with Gasteiger partial charge in [0.2, 0.25) is 5.95 Å². The number of nitrogens with one attached hydrogen (secondary N) is 2. The fraction of sp³-hybridized carbons (Fsp3) is 0.286. The second kappa shape index (κ2) is 10.5. The Bertz CT molecular complexity index is 1590. The first kappa shape index (κ1) is 24.5. The van der Waals surface area contributed by atoms with Gasteiger partial charge in [-0.2, -0.15) is 5.10 Å². The number of thiophene rings is 1. The molecule has 2 aromatic carbocycles. The Morgan fingerprint density at radius 2 is 2.11 bits per heavy atom. The number of nitrogens with zero attached hydrogens (tertiary/aromatic N) is 5. The molecule has 2 N–H and O–H groups in total. The summed E-state index contributed by atoms with van der Waals surface area (Å²) in [5.74, 6) is 0.633. The van der Waals surface area contributed by atoms with Crippen LogP contribution in [0.3, 0.4) is 0 Å². The van der Waals surface area contributed by atoms with Gasteiger partial charge >= 0.3 is 0 Å². The molecule has 0 saturated carbocycles. The SMILES string of the molecule is CN(C)CCNC(=O)c1cccc(-c2cc3nc(N4CCOC(c5cccc6[nH]ncc56)C4)ncc3s2)c1. The molecule has 1 unspecified atom stereocenters. The fourth-order valence-electron chi connectivity index (χ4n) is 4.72. The van der Waals surface area contributed by atoms with Crippen LogP contribution in [-0.4, -0.2) is 77.9 Å². The lowest BCUT2D eigenvalue weighted by Gasteiger charge is -2.33. The molecule has 1 fully saturated rings. The summed E-state index contributed by atoms with van der Waals surface area (Å²) >= 11 is 1.63. The number of aromatic nitrogens is 4. The van der Waals surface area contributed by atoms with Crippen molar-refractivity contribution in [1.29, 1.82) is 0 Å². The van der Waals surface area contributed by atoms with E-state index >= 15 is 0 Å². The molecule has 1 aliphatic heterocycles. The number of fused-ring (bicyclic) bond motifs is 2. The van der Waals surface area contributed by atoms with Gasteiger partial charge in [-0.25, -0.2) is 9.97 Å². The lowest BCUT2D eigenvalue weighted by Crippen LogP contribution is -2.39. The Labute approximate surface area is 224 Å². The topological polar surface area (TPSA) is 99.3 Å². The molecule has 4 heterocycles. The molecule has 5 aromatic rings. The monoisotopic (exact) mass is 527 g/mol. The molecule has 1 saturated heterocycles. The number of hydrogen-bond acceptors (Lipinski definition) is 8. The number of amides is 1. The number of aromatic amines is 1. The average Bonchev–Trinajstić information content (AvgIpc) is 3.60. The van der Waals surface area contributed by atoms with E-state index in [0.29, 0.717) is 31.2 Å². The number of hydrogen-bond donors (Lipinski definition) is 2. The Morgan fingerprint density at radius 1 is 1.21 bits per heavy atom. The van der Waals surface area contributed by atoms with Crippen molar-refractivity contribution in [3.8, 4) is 10.4 Å². The standard InChI is InChI=1S/C28H29N7O2S/c1-34(2)10-9-29-27(36)19-6-3-5-18(13-19)25-14-23-26(38-25)16-30-28(32-23)35-11-12-37-24(17-35)20-7-4-8-22-21(20)15-31-33-22/h3-8,13-16,24H,9-12,17H2,1-2H3,(H,29,36)(H,31,33). The largest absolute Gasteiger partial charge is 0.370 e. The molecule has 38 heavy (non-hydrogen) atoms. The van der Waals surface area contributed by atoms with Crippen LogP contribution in [0, 0.1) is 0 Å². The molecule has 0 radical (unpaired) electrons. The maximum atomic E-state index is 12.6. The summed E-state index contributed by atoms with van der Waals surface area (Å²) in [6, 6.07) is 16.0. The van der Waals surface area contributed by atoms with Gasteiger partial charge in [-0.3, -0.25) is 9.89 Å². The zero-order valence-electron chi connectivity index (χ0n) is 21.3. The molecule has 194 valence electrons. The second-order valence-electron chi connectivity index (χ2n) is 9.65. The number of rotatable bonds is 7. The maximum absolute atomic E-state index is 12.6. The van der Waals surface area contributed by atoms with Gasteiger partial charge in [0.1, 0.15) is 6.10 Å². The molecule has 1 aliphatic rings. The van der Waals surface area contributed by atoms with Crippen LogP contribution in [0.15, 0.2) is 60.9 Å². The van der Waals surface area contributed by atoms with Crippen LogP contribution in [0.1, 0.15) is 22.0 Å². The quantitative estimate of drug-likeness (QED) is 0.329. The minimum Gasteiger partial charge on any atom is -0.370 e. The number of benzene rings is 2. The number of H-pyrrole nitrogens is 1. The Hall–Kier alpha value is -3.86. The third-order valence-electron chi connectivity index (χ3n) is 6.73. The highest BCUT2D eigenvalue weighted by atomic mass is 32.1. The predicted molar refractivity (Wildman–Crippen MR) is 151 cm³/mol. The smallest absolute Gasteiger partial charge is 0.251 e. The number of likely N-dealkylation sites (N-methyl/N-ethyl adjacent to an activating group) is 1. The van der Waals surface area contributed by atoms with E-state index in [9.17, 15) is 4.79 Å². The van der Waals surface area contributed by atoms with Gasteiger partial charge in [-0.05, 0) is 49.5 Å². The van der Waals surface area contributed by atoms with Crippen molar-refractivity contribution in [2.45, 2.75) is 6.10 Å². The predicted octanol–water partition coefficient (Wildman–Crippen LogP) is 4.10. The zero-order chi connectivity index (χ0) is 26.1. The minimum atomic E-state index is -0.0889. The number of carbonyl (C=O) groups excluding carboxylic acids is 1. The number of anilines is 1. The van der Waals surface area contributed by atoms with Gasteiger partial charge in [0.25, 0.3) is 5.91 Å². The maximum Gasteiger partial charge on any atom is 0.251 e. The van der Waals surface area contributed by atoms with Crippen LogP contribution in [0.5, 0.6) is 0 Å². The summed E-state index contributed by atoms with van der Waals surface area (Å²) in [6.45, 7) is 3.39.